The first-order chi connectivity index (χ1) is 11.8. The first-order valence-corrected chi connectivity index (χ1v) is 7.44. The Kier molecular flexibility index (Phi) is 8.09. The van der Waals surface area contributed by atoms with E-state index in [1.165, 1.54) is 17.6 Å². The van der Waals surface area contributed by atoms with Gasteiger partial charge in [0.25, 0.3) is 17.8 Å². The van der Waals surface area contributed by atoms with E-state index in [4.69, 9.17) is 22.5 Å². The lowest BCUT2D eigenvalue weighted by Gasteiger charge is -2.17. The van der Waals surface area contributed by atoms with Crippen LogP contribution in [0.5, 0.6) is 0 Å². The molecule has 1 aromatic carbocycles. The number of carbonyl (C=O) groups is 2. The highest BCUT2D eigenvalue weighted by molar-refractivity contribution is 6.33. The van der Waals surface area contributed by atoms with Crippen LogP contribution < -0.4 is 21.8 Å². The van der Waals surface area contributed by atoms with E-state index in [-0.39, 0.29) is 29.5 Å². The topological polar surface area (TPSA) is 172 Å². The number of amides is 2. The molecule has 0 aliphatic heterocycles. The number of rotatable bonds is 8. The van der Waals surface area contributed by atoms with Gasteiger partial charge in [-0.05, 0) is 25.0 Å². The summed E-state index contributed by atoms with van der Waals surface area (Å²) in [6, 6.07) is 5.24. The first kappa shape index (κ1) is 20.1. The standard InChI is InChI=1S/C13H17ClN6O5/c14-9-5-2-1-4-8(9)11(21)17-10(12(22)19-23)6-3-7-16-13(15)18-20(24)25/h1-2,4-5,10,23H,3,6-7H2,(H,17,21)(H,19,22)(H3,15,16,18)/t10-/m0/s1. The number of nitro groups is 1. The van der Waals surface area contributed by atoms with Crippen molar-refractivity contribution in [3.63, 3.8) is 0 Å². The fraction of sp³-hybridized carbons (Fsp3) is 0.308. The molecule has 0 heterocycles. The molecule has 6 N–H and O–H groups in total. The molecule has 0 unspecified atom stereocenters. The van der Waals surface area contributed by atoms with Crippen molar-refractivity contribution in [1.82, 2.24) is 16.1 Å². The second kappa shape index (κ2) is 10.1. The van der Waals surface area contributed by atoms with Gasteiger partial charge in [0.1, 0.15) is 11.1 Å². The monoisotopic (exact) mass is 372 g/mol. The van der Waals surface area contributed by atoms with E-state index in [9.17, 15) is 19.7 Å². The lowest BCUT2D eigenvalue weighted by molar-refractivity contribution is -0.485. The van der Waals surface area contributed by atoms with Crippen molar-refractivity contribution in [2.75, 3.05) is 6.54 Å². The second-order valence-corrected chi connectivity index (χ2v) is 5.18. The van der Waals surface area contributed by atoms with Gasteiger partial charge in [-0.3, -0.25) is 14.8 Å². The predicted molar refractivity (Wildman–Crippen MR) is 88.5 cm³/mol. The zero-order valence-electron chi connectivity index (χ0n) is 12.9. The van der Waals surface area contributed by atoms with Crippen LogP contribution in [0.25, 0.3) is 0 Å². The van der Waals surface area contributed by atoms with Gasteiger partial charge in [-0.15, -0.1) is 0 Å². The van der Waals surface area contributed by atoms with Crippen LogP contribution in [0.15, 0.2) is 29.4 Å². The number of halogens is 1. The van der Waals surface area contributed by atoms with Gasteiger partial charge in [0.05, 0.1) is 10.6 Å². The predicted octanol–water partition coefficient (Wildman–Crippen LogP) is -0.180. The average molecular weight is 373 g/mol. The molecule has 12 heteroatoms. The summed E-state index contributed by atoms with van der Waals surface area (Å²) in [4.78, 5) is 34.0. The molecule has 0 fully saturated rings. The molecular formula is C13H17ClN6O5. The molecule has 2 amide bonds. The van der Waals surface area contributed by atoms with E-state index >= 15 is 0 Å². The van der Waals surface area contributed by atoms with Crippen molar-refractivity contribution in [3.05, 3.63) is 45.0 Å². The zero-order chi connectivity index (χ0) is 18.8. The third-order valence-electron chi connectivity index (χ3n) is 3.02. The zero-order valence-corrected chi connectivity index (χ0v) is 13.7. The summed E-state index contributed by atoms with van der Waals surface area (Å²) < 4.78 is 0. The highest BCUT2D eigenvalue weighted by Gasteiger charge is 2.21. The van der Waals surface area contributed by atoms with Crippen molar-refractivity contribution >= 4 is 29.4 Å². The summed E-state index contributed by atoms with van der Waals surface area (Å²) in [5.41, 5.74) is 6.89. The van der Waals surface area contributed by atoms with Gasteiger partial charge < -0.3 is 16.4 Å². The van der Waals surface area contributed by atoms with Gasteiger partial charge in [-0.1, -0.05) is 23.7 Å². The van der Waals surface area contributed by atoms with Crippen LogP contribution in [0.2, 0.25) is 5.02 Å². The van der Waals surface area contributed by atoms with Crippen molar-refractivity contribution in [1.29, 1.82) is 0 Å². The van der Waals surface area contributed by atoms with E-state index < -0.39 is 22.9 Å². The SMILES string of the molecule is N/C(=N\[N+](=O)[O-])NCCC[C@H](NC(=O)c1ccccc1Cl)C(=O)NO. The fourth-order valence-electron chi connectivity index (χ4n) is 1.87. The molecule has 0 aromatic heterocycles. The number of nitrogens with zero attached hydrogens (tertiary/aromatic N) is 2. The van der Waals surface area contributed by atoms with Crippen molar-refractivity contribution in [2.45, 2.75) is 18.9 Å². The van der Waals surface area contributed by atoms with Crippen LogP contribution in [0.4, 0.5) is 0 Å². The van der Waals surface area contributed by atoms with Crippen molar-refractivity contribution < 1.29 is 19.8 Å². The third-order valence-corrected chi connectivity index (χ3v) is 3.35. The van der Waals surface area contributed by atoms with Crippen molar-refractivity contribution in [3.8, 4) is 0 Å². The molecule has 25 heavy (non-hydrogen) atoms. The molecule has 0 aliphatic rings. The Morgan fingerprint density at radius 2 is 2.08 bits per heavy atom. The van der Waals surface area contributed by atoms with Crippen LogP contribution in [-0.4, -0.2) is 40.6 Å². The summed E-state index contributed by atoms with van der Waals surface area (Å²) >= 11 is 5.92. The lowest BCUT2D eigenvalue weighted by Crippen LogP contribution is -2.46. The van der Waals surface area contributed by atoms with Gasteiger partial charge in [0, 0.05) is 6.54 Å². The summed E-state index contributed by atoms with van der Waals surface area (Å²) in [6.45, 7) is 0.167. The van der Waals surface area contributed by atoms with Gasteiger partial charge in [-0.25, -0.2) is 15.6 Å². The Morgan fingerprint density at radius 1 is 1.40 bits per heavy atom. The second-order valence-electron chi connectivity index (χ2n) is 4.77. The summed E-state index contributed by atoms with van der Waals surface area (Å²) in [5, 5.41) is 25.9. The Morgan fingerprint density at radius 3 is 2.68 bits per heavy atom. The molecule has 0 saturated heterocycles. The van der Waals surface area contributed by atoms with Gasteiger partial charge in [0.15, 0.2) is 5.03 Å². The van der Waals surface area contributed by atoms with E-state index in [0.717, 1.165) is 0 Å². The number of nitrogens with one attached hydrogen (secondary N) is 3. The maximum Gasteiger partial charge on any atom is 0.266 e. The van der Waals surface area contributed by atoms with Crippen LogP contribution in [0.3, 0.4) is 0 Å². The number of hydrogen-bond acceptors (Lipinski definition) is 5. The number of hydrogen-bond donors (Lipinski definition) is 5. The normalized spacial score (nSPS) is 12.2. The van der Waals surface area contributed by atoms with E-state index in [1.807, 2.05) is 0 Å². The van der Waals surface area contributed by atoms with E-state index in [0.29, 0.717) is 6.42 Å². The van der Waals surface area contributed by atoms with Crippen LogP contribution in [-0.2, 0) is 4.79 Å². The maximum atomic E-state index is 12.2. The molecule has 0 spiro atoms. The Labute approximate surface area is 147 Å². The minimum absolute atomic E-state index is 0.126. The fourth-order valence-corrected chi connectivity index (χ4v) is 2.10. The smallest absolute Gasteiger partial charge is 0.266 e. The Bertz CT molecular complexity index is 668. The number of guanidine groups is 1. The largest absolute Gasteiger partial charge is 0.365 e. The number of hydroxylamine groups is 1. The quantitative estimate of drug-likeness (QED) is 0.105. The minimum Gasteiger partial charge on any atom is -0.365 e. The molecule has 136 valence electrons. The molecule has 1 rings (SSSR count). The number of benzene rings is 1. The van der Waals surface area contributed by atoms with Crippen LogP contribution in [0, 0.1) is 10.1 Å². The van der Waals surface area contributed by atoms with Gasteiger partial charge in [0.2, 0.25) is 0 Å². The first-order valence-electron chi connectivity index (χ1n) is 7.06. The Hall–Kier alpha value is -2.92. The van der Waals surface area contributed by atoms with Crippen LogP contribution in [0.1, 0.15) is 23.2 Å². The highest BCUT2D eigenvalue weighted by atomic mass is 35.5. The lowest BCUT2D eigenvalue weighted by atomic mass is 10.1. The summed E-state index contributed by atoms with van der Waals surface area (Å²) in [7, 11) is 0. The van der Waals surface area contributed by atoms with E-state index in [2.05, 4.69) is 15.7 Å². The summed E-state index contributed by atoms with van der Waals surface area (Å²) in [6.07, 6.45) is 0.427. The molecule has 1 atom stereocenters. The minimum atomic E-state index is -1.04. The Balaban J connectivity index is 2.60. The van der Waals surface area contributed by atoms with E-state index in [1.54, 1.807) is 12.1 Å². The average Bonchev–Trinajstić information content (AvgIpc) is 2.56. The maximum absolute atomic E-state index is 12.2. The van der Waals surface area contributed by atoms with Gasteiger partial charge >= 0.3 is 0 Å². The number of nitrogens with two attached hydrogens (primary N) is 1. The summed E-state index contributed by atoms with van der Waals surface area (Å²) in [5.74, 6) is -1.78. The third kappa shape index (κ3) is 7.01. The molecular weight excluding hydrogens is 356 g/mol. The van der Waals surface area contributed by atoms with Crippen LogP contribution >= 0.6 is 11.6 Å². The van der Waals surface area contributed by atoms with Gasteiger partial charge in [-0.2, -0.15) is 0 Å². The number of hydrazone groups is 1. The molecule has 11 nitrogen and oxygen atoms in total. The number of carbonyl (C=O) groups excluding carboxylic acids is 2. The molecule has 0 saturated carbocycles. The highest BCUT2D eigenvalue weighted by Crippen LogP contribution is 2.15. The molecule has 1 aromatic rings. The molecule has 0 bridgehead atoms. The molecule has 0 radical (unpaired) electrons. The molecule has 0 aliphatic carbocycles. The van der Waals surface area contributed by atoms with Crippen molar-refractivity contribution in [2.24, 2.45) is 10.8 Å².